The summed E-state index contributed by atoms with van der Waals surface area (Å²) >= 11 is 0. The summed E-state index contributed by atoms with van der Waals surface area (Å²) < 4.78 is 5.62. The molecule has 0 heterocycles. The molecule has 0 aliphatic carbocycles. The molecular formula is C23H30N2O2. The first-order chi connectivity index (χ1) is 12.7. The first-order valence-electron chi connectivity index (χ1n) is 9.32. The van der Waals surface area contributed by atoms with Gasteiger partial charge in [0.1, 0.15) is 6.61 Å². The predicted octanol–water partition coefficient (Wildman–Crippen LogP) is 5.20. The largest absolute Gasteiger partial charge is 0.457 e. The van der Waals surface area contributed by atoms with E-state index in [9.17, 15) is 4.79 Å². The standard InChI is InChI=1S/C23H30N2O2/c1-8-25(7)14-24-22-12-18(5)20(11-19(22)6)23(26)27-13-21-16(3)9-15(2)10-17(21)4/h9-12,14H,8,13H2,1-7H3. The molecule has 2 aromatic carbocycles. The number of nitrogens with zero attached hydrogens (tertiary/aromatic N) is 2. The highest BCUT2D eigenvalue weighted by atomic mass is 16.5. The highest BCUT2D eigenvalue weighted by Gasteiger charge is 2.14. The molecule has 0 saturated carbocycles. The van der Waals surface area contributed by atoms with Crippen molar-refractivity contribution in [3.8, 4) is 0 Å². The zero-order valence-electron chi connectivity index (χ0n) is 17.5. The van der Waals surface area contributed by atoms with Crippen molar-refractivity contribution >= 4 is 18.0 Å². The number of hydrogen-bond donors (Lipinski definition) is 0. The molecular weight excluding hydrogens is 336 g/mol. The fourth-order valence-corrected chi connectivity index (χ4v) is 3.06. The number of esters is 1. The Kier molecular flexibility index (Phi) is 6.78. The van der Waals surface area contributed by atoms with Crippen LogP contribution in [-0.4, -0.2) is 30.8 Å². The molecule has 0 spiro atoms. The Hall–Kier alpha value is -2.62. The van der Waals surface area contributed by atoms with E-state index in [2.05, 4.69) is 44.8 Å². The SMILES string of the molecule is CCN(C)C=Nc1cc(C)c(C(=O)OCc2c(C)cc(C)cc2C)cc1C. The number of aliphatic imine (C=N–C) groups is 1. The van der Waals surface area contributed by atoms with Crippen LogP contribution in [0.25, 0.3) is 0 Å². The van der Waals surface area contributed by atoms with Gasteiger partial charge in [-0.3, -0.25) is 0 Å². The van der Waals surface area contributed by atoms with Crippen molar-refractivity contribution in [1.82, 2.24) is 4.90 Å². The second-order valence-corrected chi connectivity index (χ2v) is 7.22. The van der Waals surface area contributed by atoms with Gasteiger partial charge in [-0.25, -0.2) is 9.79 Å². The Bertz CT molecular complexity index is 846. The van der Waals surface area contributed by atoms with Crippen LogP contribution in [0.1, 0.15) is 50.7 Å². The normalized spacial score (nSPS) is 11.1. The van der Waals surface area contributed by atoms with Gasteiger partial charge < -0.3 is 9.64 Å². The fourth-order valence-electron chi connectivity index (χ4n) is 3.06. The molecule has 0 aromatic heterocycles. The van der Waals surface area contributed by atoms with Crippen LogP contribution < -0.4 is 0 Å². The van der Waals surface area contributed by atoms with E-state index >= 15 is 0 Å². The topological polar surface area (TPSA) is 41.9 Å². The molecule has 27 heavy (non-hydrogen) atoms. The van der Waals surface area contributed by atoms with E-state index in [4.69, 9.17) is 4.74 Å². The average Bonchev–Trinajstić information content (AvgIpc) is 2.60. The highest BCUT2D eigenvalue weighted by Crippen LogP contribution is 2.24. The van der Waals surface area contributed by atoms with Gasteiger partial charge in [-0.05, 0) is 81.5 Å². The molecule has 0 radical (unpaired) electrons. The molecule has 2 aromatic rings. The lowest BCUT2D eigenvalue weighted by Gasteiger charge is -2.14. The number of benzene rings is 2. The van der Waals surface area contributed by atoms with Crippen molar-refractivity contribution in [3.63, 3.8) is 0 Å². The first kappa shape index (κ1) is 20.7. The Balaban J connectivity index is 2.17. The Labute approximate surface area is 162 Å². The minimum absolute atomic E-state index is 0.288. The summed E-state index contributed by atoms with van der Waals surface area (Å²) in [5, 5.41) is 0. The zero-order chi connectivity index (χ0) is 20.1. The second kappa shape index (κ2) is 8.85. The van der Waals surface area contributed by atoms with E-state index < -0.39 is 0 Å². The molecule has 0 atom stereocenters. The molecule has 0 bridgehead atoms. The van der Waals surface area contributed by atoms with Crippen LogP contribution in [0.2, 0.25) is 0 Å². The maximum absolute atomic E-state index is 12.6. The van der Waals surface area contributed by atoms with E-state index in [1.165, 1.54) is 5.56 Å². The summed E-state index contributed by atoms with van der Waals surface area (Å²) in [5.74, 6) is -0.295. The monoisotopic (exact) mass is 366 g/mol. The van der Waals surface area contributed by atoms with Gasteiger partial charge >= 0.3 is 5.97 Å². The summed E-state index contributed by atoms with van der Waals surface area (Å²) in [6.07, 6.45) is 1.81. The van der Waals surface area contributed by atoms with Crippen LogP contribution in [0.5, 0.6) is 0 Å². The quantitative estimate of drug-likeness (QED) is 0.401. The maximum Gasteiger partial charge on any atom is 0.338 e. The Morgan fingerprint density at radius 3 is 2.22 bits per heavy atom. The molecule has 144 valence electrons. The lowest BCUT2D eigenvalue weighted by molar-refractivity contribution is 0.0470. The second-order valence-electron chi connectivity index (χ2n) is 7.22. The van der Waals surface area contributed by atoms with Crippen molar-refractivity contribution < 1.29 is 9.53 Å². The minimum Gasteiger partial charge on any atom is -0.457 e. The number of carbonyl (C=O) groups is 1. The average molecular weight is 367 g/mol. The third-order valence-corrected chi connectivity index (χ3v) is 4.84. The highest BCUT2D eigenvalue weighted by molar-refractivity contribution is 5.92. The fraction of sp³-hybridized carbons (Fsp3) is 0.391. The van der Waals surface area contributed by atoms with Crippen molar-refractivity contribution in [2.45, 2.75) is 48.1 Å². The van der Waals surface area contributed by atoms with Gasteiger partial charge in [-0.1, -0.05) is 17.7 Å². The van der Waals surface area contributed by atoms with Gasteiger partial charge in [-0.2, -0.15) is 0 Å². The van der Waals surface area contributed by atoms with Gasteiger partial charge in [0, 0.05) is 13.6 Å². The molecule has 0 saturated heterocycles. The molecule has 0 amide bonds. The van der Waals surface area contributed by atoms with E-state index in [0.717, 1.165) is 40.0 Å². The van der Waals surface area contributed by atoms with Crippen LogP contribution in [0.15, 0.2) is 29.3 Å². The van der Waals surface area contributed by atoms with E-state index in [1.54, 1.807) is 0 Å². The van der Waals surface area contributed by atoms with E-state index in [0.29, 0.717) is 5.56 Å². The molecule has 4 heteroatoms. The minimum atomic E-state index is -0.295. The van der Waals surface area contributed by atoms with Crippen LogP contribution in [0.3, 0.4) is 0 Å². The summed E-state index contributed by atoms with van der Waals surface area (Å²) in [6, 6.07) is 8.04. The predicted molar refractivity (Wildman–Crippen MR) is 112 cm³/mol. The number of aryl methyl sites for hydroxylation is 5. The van der Waals surface area contributed by atoms with E-state index in [1.807, 2.05) is 44.3 Å². The molecule has 4 nitrogen and oxygen atoms in total. The third kappa shape index (κ3) is 5.19. The van der Waals surface area contributed by atoms with Crippen LogP contribution >= 0.6 is 0 Å². The summed E-state index contributed by atoms with van der Waals surface area (Å²) in [4.78, 5) is 19.2. The van der Waals surface area contributed by atoms with Crippen molar-refractivity contribution in [2.75, 3.05) is 13.6 Å². The molecule has 0 aliphatic rings. The van der Waals surface area contributed by atoms with Gasteiger partial charge in [0.05, 0.1) is 17.6 Å². The number of rotatable bonds is 6. The van der Waals surface area contributed by atoms with E-state index in [-0.39, 0.29) is 12.6 Å². The number of hydrogen-bond acceptors (Lipinski definition) is 3. The molecule has 0 fully saturated rings. The molecule has 2 rings (SSSR count). The van der Waals surface area contributed by atoms with Crippen molar-refractivity contribution in [2.24, 2.45) is 4.99 Å². The number of carbonyl (C=O) groups excluding carboxylic acids is 1. The van der Waals surface area contributed by atoms with Gasteiger partial charge in [-0.15, -0.1) is 0 Å². The smallest absolute Gasteiger partial charge is 0.338 e. The summed E-state index contributed by atoms with van der Waals surface area (Å²) in [7, 11) is 1.98. The Morgan fingerprint density at radius 1 is 1.00 bits per heavy atom. The molecule has 0 unspecified atom stereocenters. The van der Waals surface area contributed by atoms with Gasteiger partial charge in [0.25, 0.3) is 0 Å². The number of ether oxygens (including phenoxy) is 1. The Morgan fingerprint density at radius 2 is 1.63 bits per heavy atom. The van der Waals surface area contributed by atoms with Gasteiger partial charge in [0.2, 0.25) is 0 Å². The van der Waals surface area contributed by atoms with Crippen LogP contribution in [0.4, 0.5) is 5.69 Å². The third-order valence-electron chi connectivity index (χ3n) is 4.84. The summed E-state index contributed by atoms with van der Waals surface area (Å²) in [5.41, 5.74) is 7.89. The lowest BCUT2D eigenvalue weighted by Crippen LogP contribution is -2.14. The van der Waals surface area contributed by atoms with Crippen LogP contribution in [0, 0.1) is 34.6 Å². The van der Waals surface area contributed by atoms with Gasteiger partial charge in [0.15, 0.2) is 0 Å². The zero-order valence-corrected chi connectivity index (χ0v) is 17.5. The maximum atomic E-state index is 12.6. The van der Waals surface area contributed by atoms with Crippen molar-refractivity contribution in [3.05, 3.63) is 63.2 Å². The lowest BCUT2D eigenvalue weighted by atomic mass is 10.0. The molecule has 0 N–H and O–H groups in total. The van der Waals surface area contributed by atoms with Crippen molar-refractivity contribution in [1.29, 1.82) is 0 Å². The summed E-state index contributed by atoms with van der Waals surface area (Å²) in [6.45, 7) is 13.3. The van der Waals surface area contributed by atoms with Crippen LogP contribution in [-0.2, 0) is 11.3 Å². The molecule has 0 aliphatic heterocycles. The first-order valence-corrected chi connectivity index (χ1v) is 9.32.